The van der Waals surface area contributed by atoms with Gasteiger partial charge in [-0.25, -0.2) is 27.2 Å². The fourth-order valence-electron chi connectivity index (χ4n) is 11.4. The second-order valence-corrected chi connectivity index (χ2v) is 24.3. The minimum Gasteiger partial charge on any atom is -0.474 e. The molecule has 79 heavy (non-hydrogen) atoms. The van der Waals surface area contributed by atoms with E-state index in [0.29, 0.717) is 71.3 Å². The summed E-state index contributed by atoms with van der Waals surface area (Å²) in [6.45, 7) is 9.05. The summed E-state index contributed by atoms with van der Waals surface area (Å²) in [6, 6.07) is 12.0. The number of hydrogen-bond donors (Lipinski definition) is 4. The van der Waals surface area contributed by atoms with Gasteiger partial charge in [0.1, 0.15) is 35.2 Å². The second-order valence-electron chi connectivity index (χ2n) is 21.4. The number of nitrogens with one attached hydrogen (secondary N) is 3. The minimum atomic E-state index is -3.72. The van der Waals surface area contributed by atoms with Gasteiger partial charge in [0.25, 0.3) is 23.3 Å². The van der Waals surface area contributed by atoms with Crippen LogP contribution in [0.2, 0.25) is 0 Å². The smallest absolute Gasteiger partial charge is 0.277 e. The largest absolute Gasteiger partial charge is 0.474 e. The van der Waals surface area contributed by atoms with Gasteiger partial charge in [0.15, 0.2) is 27.2 Å². The first-order valence-corrected chi connectivity index (χ1v) is 28.7. The molecule has 412 valence electrons. The van der Waals surface area contributed by atoms with Crippen LogP contribution in [0.3, 0.4) is 0 Å². The summed E-state index contributed by atoms with van der Waals surface area (Å²) in [5.41, 5.74) is 5.21. The molecule has 11 rings (SSSR count). The molecule has 5 atom stereocenters. The molecular formula is C55H57F2N11O9S2. The number of amides is 3. The highest BCUT2D eigenvalue weighted by Gasteiger charge is 2.49. The van der Waals surface area contributed by atoms with Gasteiger partial charge in [0.05, 0.1) is 52.4 Å². The van der Waals surface area contributed by atoms with E-state index < -0.39 is 62.6 Å². The van der Waals surface area contributed by atoms with Crippen LogP contribution in [0.1, 0.15) is 78.0 Å². The molecule has 4 N–H and O–H groups in total. The van der Waals surface area contributed by atoms with E-state index >= 15 is 4.39 Å². The number of rotatable bonds is 15. The van der Waals surface area contributed by atoms with Crippen LogP contribution in [-0.4, -0.2) is 129 Å². The molecule has 3 amide bonds. The molecule has 2 fully saturated rings. The molecule has 2 saturated heterocycles. The van der Waals surface area contributed by atoms with Gasteiger partial charge < -0.3 is 44.4 Å². The molecular weight excluding hydrogens is 1060 g/mol. The molecule has 0 radical (unpaired) electrons. The standard InChI is InChI=1S/C55H57F2N11O9S2/c1-28(2)45(52(71)68-24-36(69)17-42(68)49-62-54(73)55(4,63-49)33-9-7-30(8-10-33)48-29(3)60-27-78-48)43-19-44(64-77-43)76-14-13-66-12-11-35(23-66)61-51(70)37-18-41-38(15-31(37)26-79(6,74)75)39-25-65(5)53(72)47-46(39)32(20-58-47)22-67(41)50-40(57)16-34(56)21-59-50/h7-10,15-16,18-21,25,27-28,35-36,42,45,58,69H,11-14,17,22-24,26H2,1-6H3,(H,61,70)(H,62,63,73)/t35-,36+,42?,45?,55?/m0/s1. The lowest BCUT2D eigenvalue weighted by atomic mass is 9.90. The highest BCUT2D eigenvalue weighted by Crippen LogP contribution is 2.45. The normalized spacial score (nSPS) is 20.7. The van der Waals surface area contributed by atoms with Crippen molar-refractivity contribution in [3.05, 3.63) is 128 Å². The quantitative estimate of drug-likeness (QED) is 0.0940. The lowest BCUT2D eigenvalue weighted by Crippen LogP contribution is -2.51. The van der Waals surface area contributed by atoms with E-state index in [2.05, 4.69) is 40.6 Å². The number of H-pyrrole nitrogens is 1. The Kier molecular flexibility index (Phi) is 13.9. The average Bonchev–Trinajstić information content (AvgIpc) is 4.32. The van der Waals surface area contributed by atoms with Gasteiger partial charge in [-0.05, 0) is 65.7 Å². The van der Waals surface area contributed by atoms with Crippen molar-refractivity contribution >= 4 is 67.1 Å². The van der Waals surface area contributed by atoms with Crippen molar-refractivity contribution in [1.82, 2.24) is 45.1 Å². The molecule has 4 aliphatic heterocycles. The zero-order valence-corrected chi connectivity index (χ0v) is 45.7. The highest BCUT2D eigenvalue weighted by atomic mass is 32.2. The van der Waals surface area contributed by atoms with Crippen molar-refractivity contribution in [2.75, 3.05) is 43.9 Å². The number of hydrogen-bond acceptors (Lipinski definition) is 16. The Morgan fingerprint density at radius 2 is 1.86 bits per heavy atom. The number of aliphatic hydroxyl groups excluding tert-OH is 1. The summed E-state index contributed by atoms with van der Waals surface area (Å²) in [6.07, 6.45) is 5.05. The van der Waals surface area contributed by atoms with Gasteiger partial charge in [0.2, 0.25) is 5.91 Å². The number of aromatic nitrogens is 5. The van der Waals surface area contributed by atoms with Crippen molar-refractivity contribution in [1.29, 1.82) is 0 Å². The van der Waals surface area contributed by atoms with E-state index in [9.17, 15) is 37.1 Å². The fourth-order valence-corrected chi connectivity index (χ4v) is 13.0. The van der Waals surface area contributed by atoms with Gasteiger partial charge in [-0.15, -0.1) is 11.3 Å². The monoisotopic (exact) mass is 1120 g/mol. The van der Waals surface area contributed by atoms with Crippen LogP contribution in [-0.2, 0) is 44.3 Å². The number of benzene rings is 2. The number of likely N-dealkylation sites (tertiary alicyclic amines) is 2. The number of aliphatic hydroxyl groups is 1. The SMILES string of the molecule is Cc1ncsc1-c1ccc(C2(C)NC(C3C[C@@H](O)CN3C(=O)C(c3cc(OCCN4CC[C@H](NC(=O)c5cc6c(cc5CS(C)(=O)=O)-c5cn(C)c(=O)c7[nH]cc(c57)CN6c5ncc(F)cc5F)C4)no3)C(C)C)=NC2=O)cc1. The van der Waals surface area contributed by atoms with Crippen LogP contribution in [0, 0.1) is 24.5 Å². The van der Waals surface area contributed by atoms with Crippen molar-refractivity contribution in [3.63, 3.8) is 0 Å². The van der Waals surface area contributed by atoms with Crippen LogP contribution in [0.15, 0.2) is 86.9 Å². The summed E-state index contributed by atoms with van der Waals surface area (Å²) >= 11 is 1.54. The lowest BCUT2D eigenvalue weighted by Gasteiger charge is -2.31. The van der Waals surface area contributed by atoms with Gasteiger partial charge in [-0.2, -0.15) is 4.99 Å². The maximum absolute atomic E-state index is 15.7. The highest BCUT2D eigenvalue weighted by molar-refractivity contribution is 7.89. The lowest BCUT2D eigenvalue weighted by molar-refractivity contribution is -0.134. The van der Waals surface area contributed by atoms with E-state index in [0.717, 1.165) is 28.6 Å². The van der Waals surface area contributed by atoms with Gasteiger partial charge in [-0.3, -0.25) is 24.1 Å². The van der Waals surface area contributed by atoms with Crippen molar-refractivity contribution < 1.29 is 45.9 Å². The van der Waals surface area contributed by atoms with E-state index in [4.69, 9.17) is 9.26 Å². The Balaban J connectivity index is 0.753. The van der Waals surface area contributed by atoms with Crippen LogP contribution in [0.4, 0.5) is 20.3 Å². The number of carbonyl (C=O) groups is 3. The first-order valence-electron chi connectivity index (χ1n) is 25.8. The number of thiazole rings is 1. The van der Waals surface area contributed by atoms with Crippen molar-refractivity contribution in [3.8, 4) is 27.4 Å². The molecule has 24 heteroatoms. The fraction of sp³-hybridized carbons (Fsp3) is 0.382. The van der Waals surface area contributed by atoms with Crippen LogP contribution < -0.4 is 25.8 Å². The Labute approximate surface area is 456 Å². The predicted molar refractivity (Wildman–Crippen MR) is 291 cm³/mol. The maximum atomic E-state index is 15.7. The van der Waals surface area contributed by atoms with Gasteiger partial charge in [0, 0.05) is 98.5 Å². The zero-order valence-electron chi connectivity index (χ0n) is 44.0. The molecule has 7 aromatic rings. The molecule has 3 unspecified atom stereocenters. The summed E-state index contributed by atoms with van der Waals surface area (Å²) in [5, 5.41) is 22.0. The molecule has 9 heterocycles. The topological polar surface area (TPSA) is 251 Å². The molecule has 2 aromatic carbocycles. The number of sulfone groups is 1. The van der Waals surface area contributed by atoms with Gasteiger partial charge in [-0.1, -0.05) is 38.1 Å². The van der Waals surface area contributed by atoms with Crippen molar-refractivity contribution in [2.24, 2.45) is 18.0 Å². The second kappa shape index (κ2) is 20.5. The maximum Gasteiger partial charge on any atom is 0.277 e. The Morgan fingerprint density at radius 1 is 1.08 bits per heavy atom. The molecule has 0 bridgehead atoms. The third-order valence-electron chi connectivity index (χ3n) is 15.3. The number of anilines is 2. The third-order valence-corrected chi connectivity index (χ3v) is 17.1. The number of nitrogens with zero attached hydrogens (tertiary/aromatic N) is 8. The zero-order chi connectivity index (χ0) is 55.8. The molecule has 4 aliphatic rings. The number of carbonyl (C=O) groups excluding carboxylic acids is 3. The Morgan fingerprint density at radius 3 is 2.58 bits per heavy atom. The van der Waals surface area contributed by atoms with E-state index in [1.54, 1.807) is 48.9 Å². The Bertz CT molecular complexity index is 3800. The summed E-state index contributed by atoms with van der Waals surface area (Å²) in [7, 11) is -2.15. The minimum absolute atomic E-state index is 0.0244. The van der Waals surface area contributed by atoms with Crippen molar-refractivity contribution in [2.45, 2.75) is 82.5 Å². The molecule has 5 aromatic heterocycles. The number of β-amino-alcohol motifs (C(OH)–C–C–N with tert-alkyl or cyclic N) is 1. The number of pyridine rings is 2. The third kappa shape index (κ3) is 10.1. The first-order chi connectivity index (χ1) is 37.6. The molecule has 0 aliphatic carbocycles. The number of aliphatic imine (C=N–C) groups is 1. The average molecular weight is 1120 g/mol. The first kappa shape index (κ1) is 53.3. The molecule has 0 saturated carbocycles. The van der Waals surface area contributed by atoms with Gasteiger partial charge >= 0.3 is 0 Å². The number of aromatic amines is 1. The summed E-state index contributed by atoms with van der Waals surface area (Å²) in [5.74, 6) is -4.26. The van der Waals surface area contributed by atoms with Crippen LogP contribution in [0.5, 0.6) is 5.88 Å². The summed E-state index contributed by atoms with van der Waals surface area (Å²) < 4.78 is 69.0. The van der Waals surface area contributed by atoms with E-state index in [1.165, 1.54) is 26.9 Å². The van der Waals surface area contributed by atoms with Crippen LogP contribution >= 0.6 is 11.3 Å². The Hall–Kier alpha value is -7.67. The van der Waals surface area contributed by atoms with Crippen LogP contribution in [0.25, 0.3) is 32.5 Å². The predicted octanol–water partition coefficient (Wildman–Crippen LogP) is 5.85. The molecule has 20 nitrogen and oxygen atoms in total. The number of aryl methyl sites for hydroxylation is 2. The number of ether oxygens (including phenoxy) is 1. The van der Waals surface area contributed by atoms with E-state index in [-0.39, 0.29) is 83.6 Å². The number of halogens is 2. The number of fused-ring (bicyclic) bond motifs is 2. The summed E-state index contributed by atoms with van der Waals surface area (Å²) in [4.78, 5) is 77.9. The molecule has 0 spiro atoms. The van der Waals surface area contributed by atoms with E-state index in [1.807, 2.05) is 45.0 Å². The number of amidine groups is 1.